The molecule has 2 rings (SSSR count). The molecule has 0 atom stereocenters. The number of hydrogen-bond donors (Lipinski definition) is 2. The van der Waals surface area contributed by atoms with Crippen LogP contribution in [0.1, 0.15) is 22.5 Å². The second-order valence-corrected chi connectivity index (χ2v) is 5.96. The molecular formula is C11H14BrN3O2S. The fraction of sp³-hybridized carbons (Fsp3) is 0.455. The molecule has 0 aliphatic carbocycles. The number of nitrogens with two attached hydrogens (primary N) is 1. The standard InChI is InChI=1S/C11H14BrN3O2S/c12-8-3-6-18-9(8)11(16)15-4-1-7(2-5-15)10(13)14-17/h3,6-7,17H,1-2,4-5H2,(H2,13,14). The summed E-state index contributed by atoms with van der Waals surface area (Å²) in [5.74, 6) is 0.389. The molecule has 0 saturated carbocycles. The number of nitrogens with zero attached hydrogens (tertiary/aromatic N) is 2. The first-order valence-corrected chi connectivity index (χ1v) is 7.30. The van der Waals surface area contributed by atoms with Crippen molar-refractivity contribution >= 4 is 39.0 Å². The first kappa shape index (κ1) is 13.4. The van der Waals surface area contributed by atoms with Gasteiger partial charge in [-0.15, -0.1) is 11.3 Å². The summed E-state index contributed by atoms with van der Waals surface area (Å²) in [5, 5.41) is 13.5. The number of oxime groups is 1. The molecule has 1 aliphatic rings. The van der Waals surface area contributed by atoms with E-state index in [4.69, 9.17) is 10.9 Å². The van der Waals surface area contributed by atoms with Gasteiger partial charge in [0, 0.05) is 23.5 Å². The van der Waals surface area contributed by atoms with Crippen LogP contribution >= 0.6 is 27.3 Å². The van der Waals surface area contributed by atoms with Crippen molar-refractivity contribution in [1.29, 1.82) is 0 Å². The van der Waals surface area contributed by atoms with Gasteiger partial charge in [0.1, 0.15) is 10.7 Å². The monoisotopic (exact) mass is 331 g/mol. The third-order valence-electron chi connectivity index (χ3n) is 3.13. The molecule has 98 valence electrons. The zero-order chi connectivity index (χ0) is 13.1. The van der Waals surface area contributed by atoms with Crippen LogP contribution < -0.4 is 5.73 Å². The van der Waals surface area contributed by atoms with Crippen molar-refractivity contribution in [2.45, 2.75) is 12.8 Å². The van der Waals surface area contributed by atoms with Gasteiger partial charge in [0.25, 0.3) is 5.91 Å². The molecule has 7 heteroatoms. The van der Waals surface area contributed by atoms with Crippen molar-refractivity contribution in [1.82, 2.24) is 4.90 Å². The van der Waals surface area contributed by atoms with Gasteiger partial charge in [-0.2, -0.15) is 0 Å². The quantitative estimate of drug-likeness (QED) is 0.377. The Morgan fingerprint density at radius 1 is 1.56 bits per heavy atom. The average molecular weight is 332 g/mol. The smallest absolute Gasteiger partial charge is 0.265 e. The van der Waals surface area contributed by atoms with Crippen molar-refractivity contribution < 1.29 is 10.0 Å². The Balaban J connectivity index is 1.98. The summed E-state index contributed by atoms with van der Waals surface area (Å²) in [4.78, 5) is 14.8. The number of rotatable bonds is 2. The van der Waals surface area contributed by atoms with Crippen molar-refractivity contribution in [3.05, 3.63) is 20.8 Å². The number of carbonyl (C=O) groups excluding carboxylic acids is 1. The molecule has 0 bridgehead atoms. The molecule has 3 N–H and O–H groups in total. The number of amidine groups is 1. The first-order valence-electron chi connectivity index (χ1n) is 5.63. The van der Waals surface area contributed by atoms with Crippen LogP contribution in [0.15, 0.2) is 21.1 Å². The second kappa shape index (κ2) is 5.71. The van der Waals surface area contributed by atoms with E-state index in [0.29, 0.717) is 13.1 Å². The minimum atomic E-state index is 0.0508. The predicted molar refractivity (Wildman–Crippen MR) is 74.1 cm³/mol. The lowest BCUT2D eigenvalue weighted by Crippen LogP contribution is -2.41. The molecule has 0 radical (unpaired) electrons. The van der Waals surface area contributed by atoms with Gasteiger partial charge >= 0.3 is 0 Å². The minimum Gasteiger partial charge on any atom is -0.409 e. The number of thiophene rings is 1. The minimum absolute atomic E-state index is 0.0508. The van der Waals surface area contributed by atoms with E-state index in [1.807, 2.05) is 16.3 Å². The summed E-state index contributed by atoms with van der Waals surface area (Å²) in [7, 11) is 0. The zero-order valence-corrected chi connectivity index (χ0v) is 12.1. The molecule has 0 spiro atoms. The summed E-state index contributed by atoms with van der Waals surface area (Å²) < 4.78 is 0.844. The van der Waals surface area contributed by atoms with Crippen LogP contribution in [0.5, 0.6) is 0 Å². The lowest BCUT2D eigenvalue weighted by molar-refractivity contribution is 0.0713. The van der Waals surface area contributed by atoms with Crippen molar-refractivity contribution in [2.75, 3.05) is 13.1 Å². The maximum absolute atomic E-state index is 12.2. The summed E-state index contributed by atoms with van der Waals surface area (Å²) in [6, 6.07) is 1.88. The number of hydrogen-bond acceptors (Lipinski definition) is 4. The van der Waals surface area contributed by atoms with Crippen LogP contribution in [0, 0.1) is 5.92 Å². The van der Waals surface area contributed by atoms with Crippen LogP contribution in [0.2, 0.25) is 0 Å². The zero-order valence-electron chi connectivity index (χ0n) is 9.67. The highest BCUT2D eigenvalue weighted by atomic mass is 79.9. The van der Waals surface area contributed by atoms with E-state index in [1.165, 1.54) is 11.3 Å². The Morgan fingerprint density at radius 3 is 2.72 bits per heavy atom. The topological polar surface area (TPSA) is 78.9 Å². The third-order valence-corrected chi connectivity index (χ3v) is 4.95. The van der Waals surface area contributed by atoms with Crippen LogP contribution in [-0.2, 0) is 0 Å². The SMILES string of the molecule is NC(=NO)C1CCN(C(=O)c2sccc2Br)CC1. The number of halogens is 1. The Morgan fingerprint density at radius 2 is 2.22 bits per heavy atom. The van der Waals surface area contributed by atoms with Crippen LogP contribution in [0.25, 0.3) is 0 Å². The van der Waals surface area contributed by atoms with Gasteiger partial charge in [-0.1, -0.05) is 5.16 Å². The van der Waals surface area contributed by atoms with Crippen LogP contribution in [-0.4, -0.2) is 34.9 Å². The average Bonchev–Trinajstić information content (AvgIpc) is 2.83. The van der Waals surface area contributed by atoms with Gasteiger partial charge < -0.3 is 15.8 Å². The maximum atomic E-state index is 12.2. The highest BCUT2D eigenvalue weighted by Gasteiger charge is 2.27. The van der Waals surface area contributed by atoms with Gasteiger partial charge in [-0.05, 0) is 40.2 Å². The molecular weight excluding hydrogens is 318 g/mol. The molecule has 5 nitrogen and oxygen atoms in total. The Labute approximate surface area is 117 Å². The van der Waals surface area contributed by atoms with E-state index >= 15 is 0 Å². The molecule has 1 aliphatic heterocycles. The lowest BCUT2D eigenvalue weighted by Gasteiger charge is -2.31. The highest BCUT2D eigenvalue weighted by Crippen LogP contribution is 2.26. The highest BCUT2D eigenvalue weighted by molar-refractivity contribution is 9.10. The second-order valence-electron chi connectivity index (χ2n) is 4.19. The maximum Gasteiger partial charge on any atom is 0.265 e. The summed E-state index contributed by atoms with van der Waals surface area (Å²) >= 11 is 4.81. The number of likely N-dealkylation sites (tertiary alicyclic amines) is 1. The summed E-state index contributed by atoms with van der Waals surface area (Å²) in [6.07, 6.45) is 1.48. The number of carbonyl (C=O) groups is 1. The van der Waals surface area contributed by atoms with Crippen LogP contribution in [0.4, 0.5) is 0 Å². The van der Waals surface area contributed by atoms with Gasteiger partial charge in [0.05, 0.1) is 0 Å². The van der Waals surface area contributed by atoms with E-state index < -0.39 is 0 Å². The van der Waals surface area contributed by atoms with Crippen molar-refractivity contribution in [3.8, 4) is 0 Å². The Hall–Kier alpha value is -1.08. The fourth-order valence-electron chi connectivity index (χ4n) is 2.05. The van der Waals surface area contributed by atoms with Gasteiger partial charge in [0.2, 0.25) is 0 Å². The molecule has 1 amide bonds. The molecule has 1 saturated heterocycles. The predicted octanol–water partition coefficient (Wildman–Crippen LogP) is 2.11. The van der Waals surface area contributed by atoms with Crippen LogP contribution in [0.3, 0.4) is 0 Å². The molecule has 0 aromatic carbocycles. The Bertz CT molecular complexity index is 467. The number of amides is 1. The molecule has 1 fully saturated rings. The molecule has 1 aromatic heterocycles. The normalized spacial score (nSPS) is 18.1. The van der Waals surface area contributed by atoms with Gasteiger partial charge in [-0.25, -0.2) is 0 Å². The largest absolute Gasteiger partial charge is 0.409 e. The van der Waals surface area contributed by atoms with Crippen molar-refractivity contribution in [3.63, 3.8) is 0 Å². The summed E-state index contributed by atoms with van der Waals surface area (Å²) in [5.41, 5.74) is 5.58. The summed E-state index contributed by atoms with van der Waals surface area (Å²) in [6.45, 7) is 1.29. The molecule has 18 heavy (non-hydrogen) atoms. The Kier molecular flexibility index (Phi) is 4.23. The first-order chi connectivity index (χ1) is 8.63. The fourth-order valence-corrected chi connectivity index (χ4v) is 3.56. The van der Waals surface area contributed by atoms with Gasteiger partial charge in [-0.3, -0.25) is 4.79 Å². The van der Waals surface area contributed by atoms with E-state index in [1.54, 1.807) is 0 Å². The van der Waals surface area contributed by atoms with E-state index in [9.17, 15) is 4.79 Å². The van der Waals surface area contributed by atoms with Crippen molar-refractivity contribution in [2.24, 2.45) is 16.8 Å². The van der Waals surface area contributed by atoms with E-state index in [-0.39, 0.29) is 17.7 Å². The lowest BCUT2D eigenvalue weighted by atomic mass is 9.96. The van der Waals surface area contributed by atoms with Gasteiger partial charge in [0.15, 0.2) is 0 Å². The molecule has 2 heterocycles. The number of piperidine rings is 1. The molecule has 0 unspecified atom stereocenters. The van der Waals surface area contributed by atoms with E-state index in [2.05, 4.69) is 21.1 Å². The molecule has 1 aromatic rings. The third kappa shape index (κ3) is 2.67. The van der Waals surface area contributed by atoms with E-state index in [0.717, 1.165) is 22.2 Å².